The van der Waals surface area contributed by atoms with Gasteiger partial charge < -0.3 is 10.1 Å². The Bertz CT molecular complexity index is 664. The fourth-order valence-electron chi connectivity index (χ4n) is 3.76. The van der Waals surface area contributed by atoms with E-state index in [1.165, 1.54) is 0 Å². The summed E-state index contributed by atoms with van der Waals surface area (Å²) in [5.41, 5.74) is 1.52. The number of nitrogens with one attached hydrogen (secondary N) is 1. The third-order valence-electron chi connectivity index (χ3n) is 5.15. The number of imide groups is 1. The number of nitrogens with zero attached hydrogens (tertiary/aromatic N) is 1. The molecule has 2 fully saturated rings. The van der Waals surface area contributed by atoms with Gasteiger partial charge in [0.25, 0.3) is 0 Å². The van der Waals surface area contributed by atoms with Crippen molar-refractivity contribution < 1.29 is 19.1 Å². The van der Waals surface area contributed by atoms with E-state index in [2.05, 4.69) is 11.4 Å². The number of amides is 3. The molecule has 134 valence electrons. The van der Waals surface area contributed by atoms with Gasteiger partial charge in [-0.2, -0.15) is 0 Å². The highest BCUT2D eigenvalue weighted by atomic mass is 16.5. The largest absolute Gasteiger partial charge is 0.463 e. The van der Waals surface area contributed by atoms with Crippen LogP contribution in [0, 0.1) is 6.92 Å². The van der Waals surface area contributed by atoms with Gasteiger partial charge in [-0.3, -0.25) is 14.5 Å². The highest BCUT2D eigenvalue weighted by Crippen LogP contribution is 2.40. The first kappa shape index (κ1) is 17.5. The van der Waals surface area contributed by atoms with Crippen molar-refractivity contribution in [3.05, 3.63) is 35.4 Å². The molecule has 1 heterocycles. The summed E-state index contributed by atoms with van der Waals surface area (Å²) in [7, 11) is 0. The van der Waals surface area contributed by atoms with Gasteiger partial charge in [0.2, 0.25) is 5.91 Å². The van der Waals surface area contributed by atoms with Crippen LogP contribution >= 0.6 is 0 Å². The zero-order chi connectivity index (χ0) is 17.9. The molecule has 0 unspecified atom stereocenters. The summed E-state index contributed by atoms with van der Waals surface area (Å²) in [6.07, 6.45) is 4.67. The van der Waals surface area contributed by atoms with Crippen molar-refractivity contribution >= 4 is 17.9 Å². The highest BCUT2D eigenvalue weighted by molar-refractivity contribution is 6.01. The van der Waals surface area contributed by atoms with Crippen LogP contribution in [0.3, 0.4) is 0 Å². The first-order valence-electron chi connectivity index (χ1n) is 8.85. The molecule has 6 nitrogen and oxygen atoms in total. The van der Waals surface area contributed by atoms with Crippen molar-refractivity contribution in [1.29, 1.82) is 0 Å². The fourth-order valence-corrected chi connectivity index (χ4v) is 3.76. The summed E-state index contributed by atoms with van der Waals surface area (Å²) >= 11 is 0. The van der Waals surface area contributed by atoms with E-state index in [1.54, 1.807) is 0 Å². The highest BCUT2D eigenvalue weighted by Gasteiger charge is 2.42. The lowest BCUT2D eigenvalue weighted by molar-refractivity contribution is -0.153. The minimum atomic E-state index is -0.610. The van der Waals surface area contributed by atoms with Crippen LogP contribution in [0.2, 0.25) is 0 Å². The number of benzene rings is 1. The topological polar surface area (TPSA) is 75.7 Å². The van der Waals surface area contributed by atoms with E-state index in [1.807, 2.05) is 25.1 Å². The van der Waals surface area contributed by atoms with E-state index in [4.69, 9.17) is 4.74 Å². The Morgan fingerprint density at radius 2 is 2.00 bits per heavy atom. The van der Waals surface area contributed by atoms with Gasteiger partial charge >= 0.3 is 12.0 Å². The Kier molecular flexibility index (Phi) is 5.06. The molecule has 1 N–H and O–H groups in total. The Morgan fingerprint density at radius 3 is 2.64 bits per heavy atom. The molecule has 0 spiro atoms. The number of carbonyl (C=O) groups excluding carboxylic acids is 3. The summed E-state index contributed by atoms with van der Waals surface area (Å²) < 4.78 is 5.52. The second-order valence-electron chi connectivity index (χ2n) is 6.85. The Hall–Kier alpha value is -2.37. The molecule has 3 rings (SSSR count). The predicted molar refractivity (Wildman–Crippen MR) is 92.0 cm³/mol. The lowest BCUT2D eigenvalue weighted by Gasteiger charge is -2.35. The third kappa shape index (κ3) is 3.52. The number of esters is 1. The Morgan fingerprint density at radius 1 is 1.24 bits per heavy atom. The monoisotopic (exact) mass is 344 g/mol. The summed E-state index contributed by atoms with van der Waals surface area (Å²) in [5, 5.41) is 2.46. The van der Waals surface area contributed by atoms with Crippen LogP contribution in [0.1, 0.15) is 43.2 Å². The molecule has 3 amide bonds. The lowest BCUT2D eigenvalue weighted by atomic mass is 9.69. The molecule has 2 aliphatic rings. The van der Waals surface area contributed by atoms with E-state index >= 15 is 0 Å². The molecule has 1 aromatic carbocycles. The number of rotatable bonds is 5. The van der Waals surface area contributed by atoms with Crippen molar-refractivity contribution in [2.45, 2.75) is 44.4 Å². The first-order chi connectivity index (χ1) is 12.0. The van der Waals surface area contributed by atoms with Gasteiger partial charge in [0.05, 0.1) is 18.5 Å². The molecule has 1 saturated heterocycles. The smallest absolute Gasteiger partial charge is 0.324 e. The summed E-state index contributed by atoms with van der Waals surface area (Å²) in [6.45, 7) is 2.16. The van der Waals surface area contributed by atoms with E-state index in [0.717, 1.165) is 48.1 Å². The van der Waals surface area contributed by atoms with Crippen LogP contribution in [0.4, 0.5) is 4.79 Å². The molecule has 0 aromatic heterocycles. The van der Waals surface area contributed by atoms with Crippen molar-refractivity contribution in [3.8, 4) is 0 Å². The number of hydrogen-bond acceptors (Lipinski definition) is 4. The number of ether oxygens (including phenoxy) is 1. The minimum Gasteiger partial charge on any atom is -0.463 e. The van der Waals surface area contributed by atoms with Gasteiger partial charge in [-0.05, 0) is 25.3 Å². The first-order valence-corrected chi connectivity index (χ1v) is 8.85. The van der Waals surface area contributed by atoms with Crippen LogP contribution in [-0.4, -0.2) is 42.5 Å². The van der Waals surface area contributed by atoms with Gasteiger partial charge in [0.1, 0.15) is 6.61 Å². The molecule has 1 aliphatic carbocycles. The van der Waals surface area contributed by atoms with Crippen LogP contribution < -0.4 is 5.32 Å². The van der Waals surface area contributed by atoms with Gasteiger partial charge in [0.15, 0.2) is 0 Å². The molecule has 1 aliphatic heterocycles. The Balaban J connectivity index is 1.70. The molecular formula is C19H24N2O4. The lowest BCUT2D eigenvalue weighted by Crippen LogP contribution is -2.41. The van der Waals surface area contributed by atoms with Crippen molar-refractivity contribution in [3.63, 3.8) is 0 Å². The number of aryl methyl sites for hydroxylation is 1. The second-order valence-corrected chi connectivity index (χ2v) is 6.85. The summed E-state index contributed by atoms with van der Waals surface area (Å²) in [5.74, 6) is -0.531. The maximum absolute atomic E-state index is 12.9. The molecule has 0 atom stereocenters. The van der Waals surface area contributed by atoms with E-state index < -0.39 is 11.4 Å². The van der Waals surface area contributed by atoms with Gasteiger partial charge in [-0.1, -0.05) is 49.1 Å². The van der Waals surface area contributed by atoms with Crippen LogP contribution in [-0.2, 0) is 19.7 Å². The molecule has 1 aromatic rings. The van der Waals surface area contributed by atoms with Crippen molar-refractivity contribution in [1.82, 2.24) is 10.2 Å². The van der Waals surface area contributed by atoms with Crippen LogP contribution in [0.15, 0.2) is 24.3 Å². The quantitative estimate of drug-likeness (QED) is 0.657. The fraction of sp³-hybridized carbons (Fsp3) is 0.526. The van der Waals surface area contributed by atoms with Crippen LogP contribution in [0.25, 0.3) is 0 Å². The number of carbonyl (C=O) groups is 3. The van der Waals surface area contributed by atoms with E-state index in [9.17, 15) is 14.4 Å². The standard InChI is InChI=1S/C19H24N2O4/c1-14-6-5-7-15(12-14)19(8-3-2-4-9-19)17(23)25-11-10-21-16(22)13-20-18(21)24/h5-7,12H,2-4,8-11,13H2,1H3,(H,20,24). The predicted octanol–water partition coefficient (Wildman–Crippen LogP) is 2.29. The average Bonchev–Trinajstić information content (AvgIpc) is 2.94. The maximum Gasteiger partial charge on any atom is 0.324 e. The van der Waals surface area contributed by atoms with Crippen molar-refractivity contribution in [2.75, 3.05) is 19.7 Å². The average molecular weight is 344 g/mol. The molecule has 6 heteroatoms. The third-order valence-corrected chi connectivity index (χ3v) is 5.15. The van der Waals surface area contributed by atoms with E-state index in [-0.39, 0.29) is 31.6 Å². The minimum absolute atomic E-state index is 0.0139. The zero-order valence-electron chi connectivity index (χ0n) is 14.5. The van der Waals surface area contributed by atoms with Gasteiger partial charge in [-0.25, -0.2) is 4.79 Å². The molecular weight excluding hydrogens is 320 g/mol. The Labute approximate surface area is 147 Å². The van der Waals surface area contributed by atoms with Gasteiger partial charge in [0, 0.05) is 0 Å². The normalized spacial score (nSPS) is 19.6. The summed E-state index contributed by atoms with van der Waals surface area (Å²) in [4.78, 5) is 37.2. The molecule has 0 radical (unpaired) electrons. The number of hydrogen-bond donors (Lipinski definition) is 1. The van der Waals surface area contributed by atoms with Gasteiger partial charge in [-0.15, -0.1) is 0 Å². The maximum atomic E-state index is 12.9. The SMILES string of the molecule is Cc1cccc(C2(C(=O)OCCN3C(=O)CNC3=O)CCCCC2)c1. The number of urea groups is 1. The second kappa shape index (κ2) is 7.25. The van der Waals surface area contributed by atoms with Crippen molar-refractivity contribution in [2.24, 2.45) is 0 Å². The summed E-state index contributed by atoms with van der Waals surface area (Å²) in [6, 6.07) is 7.62. The van der Waals surface area contributed by atoms with Crippen LogP contribution in [0.5, 0.6) is 0 Å². The zero-order valence-corrected chi connectivity index (χ0v) is 14.5. The molecule has 1 saturated carbocycles. The molecule has 0 bridgehead atoms. The molecule has 25 heavy (non-hydrogen) atoms. The van der Waals surface area contributed by atoms with E-state index in [0.29, 0.717) is 0 Å².